The van der Waals surface area contributed by atoms with Gasteiger partial charge in [-0.3, -0.25) is 9.36 Å². The standard InChI is InChI=1S/C20H15ClF3N3OS2/c1-10-2-4-12-15(8-10)30-17-16(12)18(28)27(19(26-17)29-7-6-25)11-3-5-14(21)13(9-11)20(22,23)24/h3,5,9-10H,2,4,7-8H2,1H3/t10-/m1/s1. The number of thiophene rings is 1. The minimum atomic E-state index is -4.66. The summed E-state index contributed by atoms with van der Waals surface area (Å²) in [5.74, 6) is 0.519. The fourth-order valence-corrected chi connectivity index (χ4v) is 5.98. The van der Waals surface area contributed by atoms with Crippen molar-refractivity contribution < 1.29 is 13.2 Å². The lowest BCUT2D eigenvalue weighted by atomic mass is 9.89. The van der Waals surface area contributed by atoms with E-state index in [0.717, 1.165) is 53.6 Å². The Labute approximate surface area is 183 Å². The molecular weight excluding hydrogens is 455 g/mol. The molecule has 1 atom stereocenters. The highest BCUT2D eigenvalue weighted by atomic mass is 35.5. The van der Waals surface area contributed by atoms with E-state index >= 15 is 0 Å². The van der Waals surface area contributed by atoms with Crippen LogP contribution >= 0.6 is 34.7 Å². The van der Waals surface area contributed by atoms with E-state index in [1.54, 1.807) is 0 Å². The number of hydrogen-bond acceptors (Lipinski definition) is 5. The van der Waals surface area contributed by atoms with Gasteiger partial charge in [0.2, 0.25) is 0 Å². The van der Waals surface area contributed by atoms with Gasteiger partial charge in [-0.2, -0.15) is 18.4 Å². The highest BCUT2D eigenvalue weighted by Gasteiger charge is 2.34. The molecule has 0 spiro atoms. The molecular formula is C20H15ClF3N3OS2. The van der Waals surface area contributed by atoms with Gasteiger partial charge in [-0.1, -0.05) is 30.3 Å². The van der Waals surface area contributed by atoms with Crippen molar-refractivity contribution in [2.45, 2.75) is 37.5 Å². The molecule has 4 rings (SSSR count). The van der Waals surface area contributed by atoms with Crippen LogP contribution in [0.2, 0.25) is 5.02 Å². The van der Waals surface area contributed by atoms with Gasteiger partial charge in [0.25, 0.3) is 5.56 Å². The maximum Gasteiger partial charge on any atom is 0.417 e. The first-order chi connectivity index (χ1) is 14.2. The minimum Gasteiger partial charge on any atom is -0.268 e. The molecule has 2 aromatic heterocycles. The van der Waals surface area contributed by atoms with Crippen LogP contribution in [0.15, 0.2) is 28.2 Å². The molecule has 10 heteroatoms. The molecule has 0 aliphatic heterocycles. The van der Waals surface area contributed by atoms with Crippen LogP contribution in [0.5, 0.6) is 0 Å². The number of aryl methyl sites for hydroxylation is 1. The third kappa shape index (κ3) is 3.72. The lowest BCUT2D eigenvalue weighted by Gasteiger charge is -2.18. The van der Waals surface area contributed by atoms with E-state index in [-0.39, 0.29) is 16.6 Å². The Bertz CT molecular complexity index is 1240. The van der Waals surface area contributed by atoms with E-state index < -0.39 is 22.3 Å². The molecule has 1 aliphatic rings. The number of thioether (sulfide) groups is 1. The molecule has 0 saturated carbocycles. The molecule has 0 fully saturated rings. The van der Waals surface area contributed by atoms with Crippen LogP contribution in [0.25, 0.3) is 15.9 Å². The third-order valence-electron chi connectivity index (χ3n) is 5.08. The largest absolute Gasteiger partial charge is 0.417 e. The summed E-state index contributed by atoms with van der Waals surface area (Å²) in [4.78, 5) is 19.7. The van der Waals surface area contributed by atoms with Crippen molar-refractivity contribution in [3.8, 4) is 11.8 Å². The first-order valence-corrected chi connectivity index (χ1v) is 11.3. The molecule has 0 radical (unpaired) electrons. The normalized spacial score (nSPS) is 16.5. The highest BCUT2D eigenvalue weighted by Crippen LogP contribution is 2.38. The second kappa shape index (κ2) is 7.91. The first kappa shape index (κ1) is 21.2. The number of nitriles is 1. The van der Waals surface area contributed by atoms with Gasteiger partial charge >= 0.3 is 6.18 Å². The van der Waals surface area contributed by atoms with Crippen LogP contribution in [-0.2, 0) is 19.0 Å². The van der Waals surface area contributed by atoms with Gasteiger partial charge < -0.3 is 0 Å². The molecule has 1 aliphatic carbocycles. The van der Waals surface area contributed by atoms with Crippen LogP contribution in [0.3, 0.4) is 0 Å². The van der Waals surface area contributed by atoms with Crippen molar-refractivity contribution in [3.05, 3.63) is 49.6 Å². The number of halogens is 4. The zero-order chi connectivity index (χ0) is 21.6. The molecule has 4 nitrogen and oxygen atoms in total. The van der Waals surface area contributed by atoms with E-state index in [0.29, 0.717) is 16.1 Å². The molecule has 0 N–H and O–H groups in total. The zero-order valence-electron chi connectivity index (χ0n) is 15.7. The van der Waals surface area contributed by atoms with Gasteiger partial charge in [-0.05, 0) is 48.9 Å². The van der Waals surface area contributed by atoms with Crippen molar-refractivity contribution in [2.24, 2.45) is 5.92 Å². The van der Waals surface area contributed by atoms with Gasteiger partial charge in [0.15, 0.2) is 5.16 Å². The maximum atomic E-state index is 13.5. The number of hydrogen-bond donors (Lipinski definition) is 0. The van der Waals surface area contributed by atoms with Crippen LogP contribution in [-0.4, -0.2) is 15.3 Å². The van der Waals surface area contributed by atoms with Crippen LogP contribution in [0.4, 0.5) is 13.2 Å². The predicted octanol–water partition coefficient (Wildman–Crippen LogP) is 5.86. The van der Waals surface area contributed by atoms with Crippen molar-refractivity contribution in [1.29, 1.82) is 5.26 Å². The van der Waals surface area contributed by atoms with Gasteiger partial charge in [0.05, 0.1) is 33.5 Å². The van der Waals surface area contributed by atoms with Gasteiger partial charge in [0, 0.05) is 4.88 Å². The number of nitrogens with zero attached hydrogens (tertiary/aromatic N) is 3. The Hall–Kier alpha value is -2.02. The molecule has 0 amide bonds. The van der Waals surface area contributed by atoms with Crippen molar-refractivity contribution in [1.82, 2.24) is 9.55 Å². The molecule has 0 unspecified atom stereocenters. The Morgan fingerprint density at radius 1 is 1.43 bits per heavy atom. The van der Waals surface area contributed by atoms with Gasteiger partial charge in [0.1, 0.15) is 4.83 Å². The summed E-state index contributed by atoms with van der Waals surface area (Å²) in [5.41, 5.74) is -0.467. The second-order valence-electron chi connectivity index (χ2n) is 7.18. The quantitative estimate of drug-likeness (QED) is 0.356. The van der Waals surface area contributed by atoms with E-state index in [1.807, 2.05) is 6.07 Å². The Balaban J connectivity index is 2.00. The zero-order valence-corrected chi connectivity index (χ0v) is 18.1. The summed E-state index contributed by atoms with van der Waals surface area (Å²) in [7, 11) is 0. The topological polar surface area (TPSA) is 58.7 Å². The second-order valence-corrected chi connectivity index (χ2v) is 9.61. The van der Waals surface area contributed by atoms with E-state index in [9.17, 15) is 18.0 Å². The smallest absolute Gasteiger partial charge is 0.268 e. The Morgan fingerprint density at radius 3 is 2.90 bits per heavy atom. The SMILES string of the molecule is C[C@@H]1CCc2c(sc3nc(SCC#N)n(-c4ccc(Cl)c(C(F)(F)F)c4)c(=O)c23)C1. The molecule has 3 aromatic rings. The summed E-state index contributed by atoms with van der Waals surface area (Å²) in [6, 6.07) is 5.32. The Kier molecular flexibility index (Phi) is 5.60. The van der Waals surface area contributed by atoms with Crippen molar-refractivity contribution in [2.75, 3.05) is 5.75 Å². The van der Waals surface area contributed by atoms with E-state index in [2.05, 4.69) is 11.9 Å². The fourth-order valence-electron chi connectivity index (χ4n) is 3.66. The van der Waals surface area contributed by atoms with Crippen molar-refractivity contribution in [3.63, 3.8) is 0 Å². The Morgan fingerprint density at radius 2 is 2.20 bits per heavy atom. The molecule has 0 bridgehead atoms. The first-order valence-electron chi connectivity index (χ1n) is 9.15. The monoisotopic (exact) mass is 469 g/mol. The van der Waals surface area contributed by atoms with Gasteiger partial charge in [-0.15, -0.1) is 11.3 Å². The average Bonchev–Trinajstić information content (AvgIpc) is 3.03. The lowest BCUT2D eigenvalue weighted by Crippen LogP contribution is -2.23. The molecule has 156 valence electrons. The molecule has 0 saturated heterocycles. The molecule has 30 heavy (non-hydrogen) atoms. The van der Waals surface area contributed by atoms with E-state index in [4.69, 9.17) is 16.9 Å². The van der Waals surface area contributed by atoms with Crippen LogP contribution < -0.4 is 5.56 Å². The summed E-state index contributed by atoms with van der Waals surface area (Å²) in [6.07, 6.45) is -2.11. The van der Waals surface area contributed by atoms with E-state index in [1.165, 1.54) is 22.0 Å². The maximum absolute atomic E-state index is 13.5. The van der Waals surface area contributed by atoms with Crippen molar-refractivity contribution >= 4 is 44.9 Å². The van der Waals surface area contributed by atoms with Crippen LogP contribution in [0.1, 0.15) is 29.3 Å². The number of fused-ring (bicyclic) bond motifs is 3. The number of benzene rings is 1. The summed E-state index contributed by atoms with van der Waals surface area (Å²) in [6.45, 7) is 2.15. The lowest BCUT2D eigenvalue weighted by molar-refractivity contribution is -0.137. The summed E-state index contributed by atoms with van der Waals surface area (Å²) < 4.78 is 41.3. The summed E-state index contributed by atoms with van der Waals surface area (Å²) >= 11 is 8.22. The predicted molar refractivity (Wildman–Crippen MR) is 113 cm³/mol. The highest BCUT2D eigenvalue weighted by molar-refractivity contribution is 7.99. The minimum absolute atomic E-state index is 0.0137. The number of alkyl halides is 3. The summed E-state index contributed by atoms with van der Waals surface area (Å²) in [5, 5.41) is 9.18. The average molecular weight is 470 g/mol. The number of aromatic nitrogens is 2. The van der Waals surface area contributed by atoms with Crippen LogP contribution in [0, 0.1) is 17.2 Å². The van der Waals surface area contributed by atoms with Gasteiger partial charge in [-0.25, -0.2) is 4.98 Å². The third-order valence-corrected chi connectivity index (χ3v) is 7.36. The number of rotatable bonds is 3. The fraction of sp³-hybridized carbons (Fsp3) is 0.350. The molecule has 2 heterocycles. The molecule has 1 aromatic carbocycles.